The number of carbonyl (C=O) groups is 1. The maximum Gasteiger partial charge on any atom is 0.228 e. The fourth-order valence-electron chi connectivity index (χ4n) is 2.33. The van der Waals surface area contributed by atoms with Crippen LogP contribution < -0.4 is 5.32 Å². The van der Waals surface area contributed by atoms with E-state index < -0.39 is 0 Å². The Morgan fingerprint density at radius 2 is 2.12 bits per heavy atom. The first kappa shape index (κ1) is 14.5. The normalized spacial score (nSPS) is 21.3. The molecule has 1 amide bonds. The first-order valence-corrected chi connectivity index (χ1v) is 7.01. The van der Waals surface area contributed by atoms with Gasteiger partial charge in [0.15, 0.2) is 0 Å². The Kier molecular flexibility index (Phi) is 5.44. The van der Waals surface area contributed by atoms with Crippen molar-refractivity contribution in [3.05, 3.63) is 0 Å². The maximum absolute atomic E-state index is 12.4. The van der Waals surface area contributed by atoms with Crippen molar-refractivity contribution in [1.82, 2.24) is 10.2 Å². The lowest BCUT2D eigenvalue weighted by atomic mass is 9.88. The van der Waals surface area contributed by atoms with Gasteiger partial charge in [0.05, 0.1) is 0 Å². The molecule has 17 heavy (non-hydrogen) atoms. The first-order chi connectivity index (χ1) is 8.01. The molecule has 1 N–H and O–H groups in total. The second-order valence-electron chi connectivity index (χ2n) is 5.79. The van der Waals surface area contributed by atoms with Gasteiger partial charge in [-0.2, -0.15) is 0 Å². The van der Waals surface area contributed by atoms with E-state index in [4.69, 9.17) is 0 Å². The monoisotopic (exact) mass is 240 g/mol. The molecule has 1 fully saturated rings. The summed E-state index contributed by atoms with van der Waals surface area (Å²) < 4.78 is 0. The Morgan fingerprint density at radius 3 is 2.59 bits per heavy atom. The average molecular weight is 240 g/mol. The molecule has 1 aliphatic heterocycles. The smallest absolute Gasteiger partial charge is 0.228 e. The zero-order valence-electron chi connectivity index (χ0n) is 11.9. The van der Waals surface area contributed by atoms with E-state index in [0.29, 0.717) is 11.8 Å². The molecule has 1 heterocycles. The van der Waals surface area contributed by atoms with E-state index in [1.807, 2.05) is 4.90 Å². The van der Waals surface area contributed by atoms with Crippen LogP contribution in [0.1, 0.15) is 47.0 Å². The molecule has 1 unspecified atom stereocenters. The molecular formula is C14H28N2O. The van der Waals surface area contributed by atoms with E-state index in [1.165, 1.54) is 12.8 Å². The van der Waals surface area contributed by atoms with Gasteiger partial charge in [0.2, 0.25) is 5.91 Å². The summed E-state index contributed by atoms with van der Waals surface area (Å²) in [6.07, 6.45) is 3.40. The SMILES string of the molecule is CCN(CC1CCCNC1)C(=O)C(C)(C)CC. The Morgan fingerprint density at radius 1 is 1.41 bits per heavy atom. The van der Waals surface area contributed by atoms with Gasteiger partial charge in [-0.05, 0) is 45.2 Å². The molecule has 3 heteroatoms. The zero-order valence-corrected chi connectivity index (χ0v) is 11.9. The molecule has 1 rings (SSSR count). The van der Waals surface area contributed by atoms with Crippen LogP contribution in [0.15, 0.2) is 0 Å². The molecule has 1 atom stereocenters. The lowest BCUT2D eigenvalue weighted by Gasteiger charge is -2.34. The zero-order chi connectivity index (χ0) is 12.9. The minimum atomic E-state index is -0.210. The molecule has 0 bridgehead atoms. The van der Waals surface area contributed by atoms with Crippen LogP contribution >= 0.6 is 0 Å². The van der Waals surface area contributed by atoms with Gasteiger partial charge in [-0.15, -0.1) is 0 Å². The van der Waals surface area contributed by atoms with Crippen molar-refractivity contribution in [3.63, 3.8) is 0 Å². The van der Waals surface area contributed by atoms with Crippen LogP contribution in [-0.4, -0.2) is 37.0 Å². The molecule has 0 aromatic carbocycles. The van der Waals surface area contributed by atoms with Gasteiger partial charge in [-0.25, -0.2) is 0 Å². The quantitative estimate of drug-likeness (QED) is 0.799. The third kappa shape index (κ3) is 3.98. The summed E-state index contributed by atoms with van der Waals surface area (Å²) in [5, 5.41) is 3.42. The number of hydrogen-bond donors (Lipinski definition) is 1. The van der Waals surface area contributed by atoms with Gasteiger partial charge in [-0.1, -0.05) is 20.8 Å². The van der Waals surface area contributed by atoms with Crippen molar-refractivity contribution < 1.29 is 4.79 Å². The van der Waals surface area contributed by atoms with E-state index in [0.717, 1.165) is 32.6 Å². The number of amides is 1. The minimum Gasteiger partial charge on any atom is -0.342 e. The van der Waals surface area contributed by atoms with E-state index in [2.05, 4.69) is 33.0 Å². The minimum absolute atomic E-state index is 0.210. The predicted molar refractivity (Wildman–Crippen MR) is 71.9 cm³/mol. The summed E-state index contributed by atoms with van der Waals surface area (Å²) in [5.41, 5.74) is -0.210. The van der Waals surface area contributed by atoms with Crippen LogP contribution in [0.5, 0.6) is 0 Å². The molecule has 1 saturated heterocycles. The van der Waals surface area contributed by atoms with Crippen molar-refractivity contribution >= 4 is 5.91 Å². The van der Waals surface area contributed by atoms with Crippen LogP contribution in [0.4, 0.5) is 0 Å². The lowest BCUT2D eigenvalue weighted by molar-refractivity contribution is -0.141. The predicted octanol–water partition coefficient (Wildman–Crippen LogP) is 2.27. The maximum atomic E-state index is 12.4. The molecule has 0 aliphatic carbocycles. The van der Waals surface area contributed by atoms with Crippen LogP contribution in [0.2, 0.25) is 0 Å². The molecule has 0 aromatic heterocycles. The third-order valence-corrected chi connectivity index (χ3v) is 4.01. The summed E-state index contributed by atoms with van der Waals surface area (Å²) in [5.74, 6) is 0.952. The number of carbonyl (C=O) groups excluding carboxylic acids is 1. The van der Waals surface area contributed by atoms with Crippen LogP contribution in [0.3, 0.4) is 0 Å². The Hall–Kier alpha value is -0.570. The molecule has 0 saturated carbocycles. The van der Waals surface area contributed by atoms with Crippen molar-refractivity contribution in [2.45, 2.75) is 47.0 Å². The highest BCUT2D eigenvalue weighted by Gasteiger charge is 2.30. The Balaban J connectivity index is 2.55. The number of hydrogen-bond acceptors (Lipinski definition) is 2. The summed E-state index contributed by atoms with van der Waals surface area (Å²) >= 11 is 0. The third-order valence-electron chi connectivity index (χ3n) is 4.01. The van der Waals surface area contributed by atoms with Gasteiger partial charge < -0.3 is 10.2 Å². The standard InChI is InChI=1S/C14H28N2O/c1-5-14(3,4)13(17)16(6-2)11-12-8-7-9-15-10-12/h12,15H,5-11H2,1-4H3. The second kappa shape index (κ2) is 6.39. The Labute approximate surface area is 106 Å². The Bertz CT molecular complexity index is 245. The van der Waals surface area contributed by atoms with Gasteiger partial charge in [0, 0.05) is 18.5 Å². The molecule has 3 nitrogen and oxygen atoms in total. The van der Waals surface area contributed by atoms with Crippen LogP contribution in [-0.2, 0) is 4.79 Å². The largest absolute Gasteiger partial charge is 0.342 e. The fraction of sp³-hybridized carbons (Fsp3) is 0.929. The van der Waals surface area contributed by atoms with E-state index in [-0.39, 0.29) is 5.41 Å². The summed E-state index contributed by atoms with van der Waals surface area (Å²) in [6.45, 7) is 12.2. The number of rotatable bonds is 5. The second-order valence-corrected chi connectivity index (χ2v) is 5.79. The van der Waals surface area contributed by atoms with Gasteiger partial charge in [-0.3, -0.25) is 4.79 Å². The van der Waals surface area contributed by atoms with Crippen molar-refractivity contribution in [2.75, 3.05) is 26.2 Å². The number of nitrogens with zero attached hydrogens (tertiary/aromatic N) is 1. The molecule has 0 aromatic rings. The lowest BCUT2D eigenvalue weighted by Crippen LogP contribution is -2.45. The molecular weight excluding hydrogens is 212 g/mol. The highest BCUT2D eigenvalue weighted by atomic mass is 16.2. The van der Waals surface area contributed by atoms with Crippen LogP contribution in [0.25, 0.3) is 0 Å². The van der Waals surface area contributed by atoms with Crippen molar-refractivity contribution in [3.8, 4) is 0 Å². The summed E-state index contributed by atoms with van der Waals surface area (Å²) in [7, 11) is 0. The van der Waals surface area contributed by atoms with Crippen molar-refractivity contribution in [1.29, 1.82) is 0 Å². The van der Waals surface area contributed by atoms with Crippen molar-refractivity contribution in [2.24, 2.45) is 11.3 Å². The number of nitrogens with one attached hydrogen (secondary N) is 1. The summed E-state index contributed by atoms with van der Waals surface area (Å²) in [4.78, 5) is 14.4. The number of piperidine rings is 1. The van der Waals surface area contributed by atoms with Crippen LogP contribution in [0, 0.1) is 11.3 Å². The van der Waals surface area contributed by atoms with Gasteiger partial charge in [0.25, 0.3) is 0 Å². The molecule has 0 radical (unpaired) electrons. The van der Waals surface area contributed by atoms with E-state index in [1.54, 1.807) is 0 Å². The first-order valence-electron chi connectivity index (χ1n) is 7.01. The van der Waals surface area contributed by atoms with Gasteiger partial charge in [0.1, 0.15) is 0 Å². The highest BCUT2D eigenvalue weighted by Crippen LogP contribution is 2.24. The fourth-order valence-corrected chi connectivity index (χ4v) is 2.33. The summed E-state index contributed by atoms with van der Waals surface area (Å²) in [6, 6.07) is 0. The topological polar surface area (TPSA) is 32.3 Å². The van der Waals surface area contributed by atoms with E-state index >= 15 is 0 Å². The van der Waals surface area contributed by atoms with Gasteiger partial charge >= 0.3 is 0 Å². The molecule has 0 spiro atoms. The molecule has 1 aliphatic rings. The molecule has 100 valence electrons. The van der Waals surface area contributed by atoms with E-state index in [9.17, 15) is 4.79 Å². The average Bonchev–Trinajstić information content (AvgIpc) is 2.36. The highest BCUT2D eigenvalue weighted by molar-refractivity contribution is 5.81.